The van der Waals surface area contributed by atoms with Gasteiger partial charge in [-0.3, -0.25) is 4.79 Å². The Bertz CT molecular complexity index is 401. The van der Waals surface area contributed by atoms with Crippen molar-refractivity contribution in [3.8, 4) is 0 Å². The average Bonchev–Trinajstić information content (AvgIpc) is 2.50. The van der Waals surface area contributed by atoms with Gasteiger partial charge in [0.2, 0.25) is 5.91 Å². The van der Waals surface area contributed by atoms with E-state index in [1.165, 1.54) is 5.56 Å². The summed E-state index contributed by atoms with van der Waals surface area (Å²) in [6, 6.07) is 8.26. The van der Waals surface area contributed by atoms with E-state index in [-0.39, 0.29) is 5.91 Å². The summed E-state index contributed by atoms with van der Waals surface area (Å²) in [5, 5.41) is 2.82. The number of amides is 1. The van der Waals surface area contributed by atoms with Crippen molar-refractivity contribution in [3.63, 3.8) is 0 Å². The number of carbonyl (C=O) groups excluding carboxylic acids is 1. The number of rotatable bonds is 1. The zero-order valence-corrected chi connectivity index (χ0v) is 8.42. The first kappa shape index (κ1) is 9.00. The first-order chi connectivity index (χ1) is 6.68. The number of aryl methyl sites for hydroxylation is 1. The van der Waals surface area contributed by atoms with Crippen LogP contribution in [-0.4, -0.2) is 12.5 Å². The predicted molar refractivity (Wildman–Crippen MR) is 56.8 cm³/mol. The van der Waals surface area contributed by atoms with E-state index in [1.54, 1.807) is 0 Å². The maximum Gasteiger partial charge on any atom is 0.247 e. The van der Waals surface area contributed by atoms with Crippen molar-refractivity contribution in [3.05, 3.63) is 41.0 Å². The van der Waals surface area contributed by atoms with Crippen LogP contribution < -0.4 is 5.32 Å². The lowest BCUT2D eigenvalue weighted by Crippen LogP contribution is -2.16. The van der Waals surface area contributed by atoms with Crippen molar-refractivity contribution in [1.29, 1.82) is 0 Å². The number of benzene rings is 1. The Labute approximate surface area is 83.6 Å². The molecular weight excluding hydrogens is 174 g/mol. The minimum Gasteiger partial charge on any atom is -0.348 e. The van der Waals surface area contributed by atoms with Crippen LogP contribution in [0.2, 0.25) is 0 Å². The summed E-state index contributed by atoms with van der Waals surface area (Å²) < 4.78 is 0. The van der Waals surface area contributed by atoms with Gasteiger partial charge in [0.05, 0.1) is 0 Å². The second-order valence-electron chi connectivity index (χ2n) is 3.65. The fourth-order valence-corrected chi connectivity index (χ4v) is 1.64. The highest BCUT2D eigenvalue weighted by atomic mass is 16.1. The molecule has 0 fully saturated rings. The molecule has 0 saturated heterocycles. The van der Waals surface area contributed by atoms with E-state index >= 15 is 0 Å². The minimum absolute atomic E-state index is 0.0561. The lowest BCUT2D eigenvalue weighted by molar-refractivity contribution is -0.116. The van der Waals surface area contributed by atoms with Gasteiger partial charge in [-0.25, -0.2) is 0 Å². The van der Waals surface area contributed by atoms with E-state index in [1.807, 2.05) is 6.92 Å². The van der Waals surface area contributed by atoms with Gasteiger partial charge in [0.15, 0.2) is 0 Å². The Morgan fingerprint density at radius 1 is 1.14 bits per heavy atom. The van der Waals surface area contributed by atoms with Crippen LogP contribution in [-0.2, 0) is 4.79 Å². The van der Waals surface area contributed by atoms with Gasteiger partial charge in [-0.2, -0.15) is 0 Å². The smallest absolute Gasteiger partial charge is 0.247 e. The van der Waals surface area contributed by atoms with Gasteiger partial charge in [0.25, 0.3) is 0 Å². The molecule has 1 aliphatic rings. The Morgan fingerprint density at radius 2 is 1.79 bits per heavy atom. The van der Waals surface area contributed by atoms with Gasteiger partial charge in [0, 0.05) is 12.1 Å². The van der Waals surface area contributed by atoms with Crippen LogP contribution in [0.3, 0.4) is 0 Å². The topological polar surface area (TPSA) is 29.1 Å². The van der Waals surface area contributed by atoms with E-state index in [0.717, 1.165) is 16.7 Å². The second-order valence-corrected chi connectivity index (χ2v) is 3.65. The molecule has 14 heavy (non-hydrogen) atoms. The largest absolute Gasteiger partial charge is 0.348 e. The summed E-state index contributed by atoms with van der Waals surface area (Å²) in [6.45, 7) is 4.59. The van der Waals surface area contributed by atoms with Crippen LogP contribution in [0.15, 0.2) is 29.8 Å². The van der Waals surface area contributed by atoms with E-state index in [9.17, 15) is 4.79 Å². The summed E-state index contributed by atoms with van der Waals surface area (Å²) in [4.78, 5) is 11.3. The first-order valence-corrected chi connectivity index (χ1v) is 4.73. The molecule has 0 spiro atoms. The van der Waals surface area contributed by atoms with Gasteiger partial charge in [0.1, 0.15) is 0 Å². The fraction of sp³-hybridized carbons (Fsp3) is 0.250. The highest BCUT2D eigenvalue weighted by Gasteiger charge is 2.18. The van der Waals surface area contributed by atoms with Gasteiger partial charge < -0.3 is 5.32 Å². The van der Waals surface area contributed by atoms with Crippen LogP contribution in [0, 0.1) is 6.92 Å². The lowest BCUT2D eigenvalue weighted by atomic mass is 10.0. The zero-order valence-electron chi connectivity index (χ0n) is 8.42. The third-order valence-corrected chi connectivity index (χ3v) is 2.62. The molecule has 1 aromatic rings. The normalized spacial score (nSPS) is 16.0. The molecule has 1 aliphatic heterocycles. The van der Waals surface area contributed by atoms with Crippen molar-refractivity contribution >= 4 is 11.5 Å². The third kappa shape index (κ3) is 1.43. The van der Waals surface area contributed by atoms with Crippen molar-refractivity contribution in [2.45, 2.75) is 13.8 Å². The standard InChI is InChI=1S/C12H13NO/c1-8-3-5-10(6-4-8)11-7-13-12(14)9(11)2/h3-6H,7H2,1-2H3,(H,13,14). The predicted octanol–water partition coefficient (Wildman–Crippen LogP) is 1.90. The molecule has 1 N–H and O–H groups in total. The highest BCUT2D eigenvalue weighted by molar-refractivity contribution is 6.05. The summed E-state index contributed by atoms with van der Waals surface area (Å²) in [6.07, 6.45) is 0. The van der Waals surface area contributed by atoms with Crippen molar-refractivity contribution in [2.75, 3.05) is 6.54 Å². The molecular formula is C12H13NO. The van der Waals surface area contributed by atoms with Gasteiger partial charge >= 0.3 is 0 Å². The van der Waals surface area contributed by atoms with Crippen LogP contribution in [0.5, 0.6) is 0 Å². The molecule has 1 heterocycles. The summed E-state index contributed by atoms with van der Waals surface area (Å²) in [7, 11) is 0. The Hall–Kier alpha value is -1.57. The minimum atomic E-state index is 0.0561. The fourth-order valence-electron chi connectivity index (χ4n) is 1.64. The molecule has 1 amide bonds. The molecule has 2 rings (SSSR count). The first-order valence-electron chi connectivity index (χ1n) is 4.73. The van der Waals surface area contributed by atoms with E-state index in [0.29, 0.717) is 6.54 Å². The zero-order chi connectivity index (χ0) is 10.1. The van der Waals surface area contributed by atoms with E-state index in [2.05, 4.69) is 36.5 Å². The molecule has 0 aliphatic carbocycles. The average molecular weight is 187 g/mol. The maximum absolute atomic E-state index is 11.3. The SMILES string of the molecule is CC1=C(c2ccc(C)cc2)CNC1=O. The summed E-state index contributed by atoms with van der Waals surface area (Å²) in [5.41, 5.74) is 4.35. The van der Waals surface area contributed by atoms with Gasteiger partial charge in [-0.05, 0) is 25.0 Å². The number of carbonyl (C=O) groups is 1. The van der Waals surface area contributed by atoms with Gasteiger partial charge in [-0.1, -0.05) is 29.8 Å². The summed E-state index contributed by atoms with van der Waals surface area (Å²) in [5.74, 6) is 0.0561. The van der Waals surface area contributed by atoms with Crippen LogP contribution in [0.25, 0.3) is 5.57 Å². The van der Waals surface area contributed by atoms with Crippen molar-refractivity contribution in [2.24, 2.45) is 0 Å². The Balaban J connectivity index is 2.41. The summed E-state index contributed by atoms with van der Waals surface area (Å²) >= 11 is 0. The molecule has 0 saturated carbocycles. The molecule has 0 unspecified atom stereocenters. The quantitative estimate of drug-likeness (QED) is 0.714. The second kappa shape index (κ2) is 3.29. The molecule has 0 radical (unpaired) electrons. The molecule has 0 bridgehead atoms. The molecule has 0 aromatic heterocycles. The van der Waals surface area contributed by atoms with Crippen LogP contribution in [0.1, 0.15) is 18.1 Å². The molecule has 72 valence electrons. The van der Waals surface area contributed by atoms with E-state index < -0.39 is 0 Å². The van der Waals surface area contributed by atoms with Crippen molar-refractivity contribution < 1.29 is 4.79 Å². The van der Waals surface area contributed by atoms with Crippen molar-refractivity contribution in [1.82, 2.24) is 5.32 Å². The molecule has 2 nitrogen and oxygen atoms in total. The Kier molecular flexibility index (Phi) is 2.12. The highest BCUT2D eigenvalue weighted by Crippen LogP contribution is 2.22. The molecule has 1 aromatic carbocycles. The van der Waals surface area contributed by atoms with E-state index in [4.69, 9.17) is 0 Å². The Morgan fingerprint density at radius 3 is 2.29 bits per heavy atom. The number of hydrogen-bond donors (Lipinski definition) is 1. The number of nitrogens with one attached hydrogen (secondary N) is 1. The maximum atomic E-state index is 11.3. The van der Waals surface area contributed by atoms with Crippen LogP contribution in [0.4, 0.5) is 0 Å². The third-order valence-electron chi connectivity index (χ3n) is 2.62. The number of hydrogen-bond acceptors (Lipinski definition) is 1. The molecule has 2 heteroatoms. The molecule has 0 atom stereocenters. The lowest BCUT2D eigenvalue weighted by Gasteiger charge is -2.02. The monoisotopic (exact) mass is 187 g/mol. The van der Waals surface area contributed by atoms with Crippen LogP contribution >= 0.6 is 0 Å². The van der Waals surface area contributed by atoms with Gasteiger partial charge in [-0.15, -0.1) is 0 Å².